The van der Waals surface area contributed by atoms with Crippen LogP contribution in [0.25, 0.3) is 0 Å². The molecule has 1 N–H and O–H groups in total. The Balaban J connectivity index is 1.76. The molecule has 0 bridgehead atoms. The van der Waals surface area contributed by atoms with Crippen LogP contribution < -0.4 is 9.80 Å². The molecule has 0 amide bonds. The van der Waals surface area contributed by atoms with Crippen LogP contribution in [0.4, 0.5) is 11.5 Å². The van der Waals surface area contributed by atoms with Crippen molar-refractivity contribution in [1.82, 2.24) is 15.2 Å². The summed E-state index contributed by atoms with van der Waals surface area (Å²) in [5, 5.41) is 17.7. The zero-order chi connectivity index (χ0) is 16.2. The maximum absolute atomic E-state index is 11.4. The first-order valence-electron chi connectivity index (χ1n) is 7.62. The zero-order valence-electron chi connectivity index (χ0n) is 13.0. The number of aromatic carboxylic acids is 1. The number of aromatic nitrogens is 3. The summed E-state index contributed by atoms with van der Waals surface area (Å²) in [5.74, 6) is -0.0794. The maximum atomic E-state index is 11.4. The third-order valence-corrected chi connectivity index (χ3v) is 3.97. The summed E-state index contributed by atoms with van der Waals surface area (Å²) in [6, 6.07) is 5.70. The Kier molecular flexibility index (Phi) is 4.36. The molecule has 7 heteroatoms. The standard InChI is InChI=1S/C16H19N5O2/c1-12-3-4-15(19-18-12)21-8-2-7-20(9-10-21)14-5-6-17-11-13(14)16(22)23/h3-6,11H,2,7-10H2,1H3,(H,22,23). The van der Waals surface area contributed by atoms with Crippen LogP contribution in [0, 0.1) is 6.92 Å². The first-order chi connectivity index (χ1) is 11.1. The fourth-order valence-electron chi connectivity index (χ4n) is 2.78. The van der Waals surface area contributed by atoms with Gasteiger partial charge in [0.1, 0.15) is 5.56 Å². The summed E-state index contributed by atoms with van der Waals surface area (Å²) in [7, 11) is 0. The van der Waals surface area contributed by atoms with Gasteiger partial charge in [-0.1, -0.05) is 0 Å². The lowest BCUT2D eigenvalue weighted by atomic mass is 10.2. The second kappa shape index (κ2) is 6.60. The van der Waals surface area contributed by atoms with E-state index in [-0.39, 0.29) is 5.56 Å². The number of hydrogen-bond donors (Lipinski definition) is 1. The number of carbonyl (C=O) groups is 1. The summed E-state index contributed by atoms with van der Waals surface area (Å²) in [6.07, 6.45) is 3.97. The lowest BCUT2D eigenvalue weighted by Crippen LogP contribution is -2.32. The Hall–Kier alpha value is -2.70. The highest BCUT2D eigenvalue weighted by Crippen LogP contribution is 2.22. The van der Waals surface area contributed by atoms with Crippen molar-refractivity contribution in [3.63, 3.8) is 0 Å². The third-order valence-electron chi connectivity index (χ3n) is 3.97. The highest BCUT2D eigenvalue weighted by molar-refractivity contribution is 5.94. The molecule has 1 aliphatic heterocycles. The van der Waals surface area contributed by atoms with Crippen LogP contribution in [0.2, 0.25) is 0 Å². The van der Waals surface area contributed by atoms with Gasteiger partial charge >= 0.3 is 5.97 Å². The van der Waals surface area contributed by atoms with E-state index in [0.717, 1.165) is 49.8 Å². The lowest BCUT2D eigenvalue weighted by Gasteiger charge is -2.25. The van der Waals surface area contributed by atoms with Gasteiger partial charge in [-0.25, -0.2) is 4.79 Å². The molecule has 3 rings (SSSR count). The lowest BCUT2D eigenvalue weighted by molar-refractivity contribution is 0.0697. The Labute approximate surface area is 134 Å². The molecule has 1 fully saturated rings. The highest BCUT2D eigenvalue weighted by Gasteiger charge is 2.20. The Morgan fingerprint density at radius 3 is 2.61 bits per heavy atom. The second-order valence-electron chi connectivity index (χ2n) is 5.56. The van der Waals surface area contributed by atoms with Gasteiger partial charge in [0.05, 0.1) is 11.4 Å². The first kappa shape index (κ1) is 15.2. The Morgan fingerprint density at radius 2 is 1.87 bits per heavy atom. The van der Waals surface area contributed by atoms with Crippen LogP contribution in [-0.4, -0.2) is 52.4 Å². The predicted molar refractivity (Wildman–Crippen MR) is 87.0 cm³/mol. The summed E-state index contributed by atoms with van der Waals surface area (Å²) in [6.45, 7) is 5.11. The van der Waals surface area contributed by atoms with Crippen molar-refractivity contribution >= 4 is 17.5 Å². The average Bonchev–Trinajstić information content (AvgIpc) is 2.81. The predicted octanol–water partition coefficient (Wildman–Crippen LogP) is 1.59. The Morgan fingerprint density at radius 1 is 1.09 bits per heavy atom. The number of nitrogens with zero attached hydrogens (tertiary/aromatic N) is 5. The SMILES string of the molecule is Cc1ccc(N2CCCN(c3ccncc3C(=O)O)CC2)nn1. The number of carboxylic acid groups (broad SMARTS) is 1. The number of rotatable bonds is 3. The molecule has 0 spiro atoms. The largest absolute Gasteiger partial charge is 0.478 e. The van der Waals surface area contributed by atoms with Gasteiger partial charge in [0.25, 0.3) is 0 Å². The van der Waals surface area contributed by atoms with E-state index < -0.39 is 5.97 Å². The van der Waals surface area contributed by atoms with Crippen LogP contribution >= 0.6 is 0 Å². The summed E-state index contributed by atoms with van der Waals surface area (Å²) >= 11 is 0. The van der Waals surface area contributed by atoms with Crippen molar-refractivity contribution in [3.8, 4) is 0 Å². The van der Waals surface area contributed by atoms with Gasteiger partial charge in [-0.2, -0.15) is 5.10 Å². The molecule has 0 radical (unpaired) electrons. The summed E-state index contributed by atoms with van der Waals surface area (Å²) in [5.41, 5.74) is 1.87. The van der Waals surface area contributed by atoms with Crippen molar-refractivity contribution in [2.75, 3.05) is 36.0 Å². The quantitative estimate of drug-likeness (QED) is 0.921. The van der Waals surface area contributed by atoms with E-state index in [1.165, 1.54) is 6.20 Å². The van der Waals surface area contributed by atoms with E-state index >= 15 is 0 Å². The van der Waals surface area contributed by atoms with E-state index in [1.807, 2.05) is 19.1 Å². The average molecular weight is 313 g/mol. The van der Waals surface area contributed by atoms with Crippen LogP contribution in [0.1, 0.15) is 22.5 Å². The number of pyridine rings is 1. The molecule has 0 saturated carbocycles. The molecule has 2 aromatic rings. The van der Waals surface area contributed by atoms with Crippen molar-refractivity contribution in [1.29, 1.82) is 0 Å². The topological polar surface area (TPSA) is 82.5 Å². The van der Waals surface area contributed by atoms with E-state index in [9.17, 15) is 9.90 Å². The monoisotopic (exact) mass is 313 g/mol. The minimum Gasteiger partial charge on any atom is -0.478 e. The fourth-order valence-corrected chi connectivity index (χ4v) is 2.78. The van der Waals surface area contributed by atoms with Gasteiger partial charge in [-0.15, -0.1) is 5.10 Å². The number of anilines is 2. The van der Waals surface area contributed by atoms with E-state index in [4.69, 9.17) is 0 Å². The summed E-state index contributed by atoms with van der Waals surface area (Å²) < 4.78 is 0. The summed E-state index contributed by atoms with van der Waals surface area (Å²) in [4.78, 5) is 19.6. The first-order valence-corrected chi connectivity index (χ1v) is 7.62. The van der Waals surface area contributed by atoms with Gasteiger partial charge in [-0.3, -0.25) is 4.98 Å². The minimum absolute atomic E-state index is 0.246. The van der Waals surface area contributed by atoms with Crippen LogP contribution in [0.3, 0.4) is 0 Å². The third kappa shape index (κ3) is 3.39. The highest BCUT2D eigenvalue weighted by atomic mass is 16.4. The molecule has 23 heavy (non-hydrogen) atoms. The molecule has 2 aromatic heterocycles. The second-order valence-corrected chi connectivity index (χ2v) is 5.56. The van der Waals surface area contributed by atoms with Gasteiger partial charge in [0.15, 0.2) is 5.82 Å². The van der Waals surface area contributed by atoms with E-state index in [1.54, 1.807) is 12.3 Å². The van der Waals surface area contributed by atoms with Crippen molar-refractivity contribution < 1.29 is 9.90 Å². The molecule has 0 aromatic carbocycles. The van der Waals surface area contributed by atoms with Gasteiger partial charge in [0, 0.05) is 38.6 Å². The van der Waals surface area contributed by atoms with Crippen LogP contribution in [0.15, 0.2) is 30.6 Å². The minimum atomic E-state index is -0.946. The maximum Gasteiger partial charge on any atom is 0.339 e. The molecule has 0 atom stereocenters. The van der Waals surface area contributed by atoms with Gasteiger partial charge < -0.3 is 14.9 Å². The smallest absolute Gasteiger partial charge is 0.339 e. The van der Waals surface area contributed by atoms with E-state index in [0.29, 0.717) is 0 Å². The molecule has 1 saturated heterocycles. The number of carboxylic acids is 1. The molecule has 0 aliphatic carbocycles. The van der Waals surface area contributed by atoms with Gasteiger partial charge in [-0.05, 0) is 31.5 Å². The normalized spacial score (nSPS) is 15.3. The number of aryl methyl sites for hydroxylation is 1. The molecule has 1 aliphatic rings. The Bertz CT molecular complexity index is 689. The molecule has 0 unspecified atom stereocenters. The fraction of sp³-hybridized carbons (Fsp3) is 0.375. The molecular formula is C16H19N5O2. The van der Waals surface area contributed by atoms with Gasteiger partial charge in [0.2, 0.25) is 0 Å². The molecule has 3 heterocycles. The molecular weight excluding hydrogens is 294 g/mol. The molecule has 7 nitrogen and oxygen atoms in total. The van der Waals surface area contributed by atoms with Crippen molar-refractivity contribution in [2.24, 2.45) is 0 Å². The van der Waals surface area contributed by atoms with Crippen molar-refractivity contribution in [3.05, 3.63) is 41.9 Å². The van der Waals surface area contributed by atoms with Crippen LogP contribution in [-0.2, 0) is 0 Å². The zero-order valence-corrected chi connectivity index (χ0v) is 13.0. The van der Waals surface area contributed by atoms with E-state index in [2.05, 4.69) is 25.0 Å². The number of hydrogen-bond acceptors (Lipinski definition) is 6. The molecule has 120 valence electrons. The van der Waals surface area contributed by atoms with Crippen molar-refractivity contribution in [2.45, 2.75) is 13.3 Å². The van der Waals surface area contributed by atoms with Crippen LogP contribution in [0.5, 0.6) is 0 Å².